The van der Waals surface area contributed by atoms with Gasteiger partial charge in [0, 0.05) is 5.02 Å². The first-order valence-corrected chi connectivity index (χ1v) is 5.89. The highest BCUT2D eigenvalue weighted by molar-refractivity contribution is 6.31. The van der Waals surface area contributed by atoms with Crippen LogP contribution < -0.4 is 11.1 Å². The van der Waals surface area contributed by atoms with Crippen LogP contribution in [0.4, 0.5) is 4.79 Å². The van der Waals surface area contributed by atoms with E-state index < -0.39 is 24.2 Å². The molecule has 0 saturated carbocycles. The van der Waals surface area contributed by atoms with Gasteiger partial charge in [0.1, 0.15) is 6.10 Å². The maximum atomic E-state index is 11.7. The monoisotopic (exact) mass is 268 g/mol. The van der Waals surface area contributed by atoms with Crippen molar-refractivity contribution in [1.29, 1.82) is 0 Å². The van der Waals surface area contributed by atoms with Crippen molar-refractivity contribution in [2.24, 2.45) is 11.7 Å². The first-order valence-electron chi connectivity index (χ1n) is 5.51. The lowest BCUT2D eigenvalue weighted by molar-refractivity contribution is -0.123. The molecule has 0 bridgehead atoms. The standard InChI is InChI=1S/C12H13ClN2O3/c1-6-10(18-12(14)17)9(15-11(6)16)7-4-2-3-5-8(7)13/h2-6,9-10H,1H3,(H2,14,17)(H,15,16)/t6-,9+,10-/m0/s1. The summed E-state index contributed by atoms with van der Waals surface area (Å²) < 4.78 is 5.01. The SMILES string of the molecule is C[C@@H]1C(=O)N[C@H](c2ccccc2Cl)[C@H]1OC(N)=O. The van der Waals surface area contributed by atoms with Crippen LogP contribution in [0, 0.1) is 5.92 Å². The highest BCUT2D eigenvalue weighted by Gasteiger charge is 2.43. The van der Waals surface area contributed by atoms with Crippen LogP contribution in [0.1, 0.15) is 18.5 Å². The summed E-state index contributed by atoms with van der Waals surface area (Å²) in [6.45, 7) is 1.68. The Morgan fingerprint density at radius 1 is 1.44 bits per heavy atom. The number of primary amides is 1. The number of rotatable bonds is 2. The lowest BCUT2D eigenvalue weighted by atomic mass is 9.97. The molecule has 2 rings (SSSR count). The number of nitrogens with one attached hydrogen (secondary N) is 1. The van der Waals surface area contributed by atoms with Crippen molar-refractivity contribution in [3.8, 4) is 0 Å². The molecule has 0 unspecified atom stereocenters. The van der Waals surface area contributed by atoms with E-state index in [1.165, 1.54) is 0 Å². The Morgan fingerprint density at radius 3 is 2.72 bits per heavy atom. The van der Waals surface area contributed by atoms with E-state index in [2.05, 4.69) is 5.32 Å². The predicted octanol–water partition coefficient (Wildman–Crippen LogP) is 1.61. The van der Waals surface area contributed by atoms with Crippen molar-refractivity contribution in [2.75, 3.05) is 0 Å². The molecule has 3 atom stereocenters. The molecular weight excluding hydrogens is 256 g/mol. The Kier molecular flexibility index (Phi) is 3.43. The summed E-state index contributed by atoms with van der Waals surface area (Å²) in [6, 6.07) is 6.62. The fraction of sp³-hybridized carbons (Fsp3) is 0.333. The van der Waals surface area contributed by atoms with E-state index in [0.29, 0.717) is 10.6 Å². The molecule has 96 valence electrons. The number of nitrogens with two attached hydrogens (primary N) is 1. The van der Waals surface area contributed by atoms with Gasteiger partial charge < -0.3 is 15.8 Å². The molecule has 0 radical (unpaired) electrons. The van der Waals surface area contributed by atoms with Crippen molar-refractivity contribution in [1.82, 2.24) is 5.32 Å². The van der Waals surface area contributed by atoms with Crippen LogP contribution in [-0.2, 0) is 9.53 Å². The van der Waals surface area contributed by atoms with Crippen molar-refractivity contribution in [2.45, 2.75) is 19.1 Å². The molecule has 1 aliphatic rings. The number of hydrogen-bond acceptors (Lipinski definition) is 3. The van der Waals surface area contributed by atoms with Gasteiger partial charge in [0.15, 0.2) is 0 Å². The third kappa shape index (κ3) is 2.26. The molecule has 1 aromatic rings. The minimum atomic E-state index is -0.902. The molecule has 1 aromatic carbocycles. The Labute approximate surface area is 109 Å². The number of carbonyl (C=O) groups excluding carboxylic acids is 2. The molecule has 1 heterocycles. The summed E-state index contributed by atoms with van der Waals surface area (Å²) in [6.07, 6.45) is -1.55. The van der Waals surface area contributed by atoms with E-state index in [-0.39, 0.29) is 5.91 Å². The average molecular weight is 269 g/mol. The average Bonchev–Trinajstić information content (AvgIpc) is 2.57. The van der Waals surface area contributed by atoms with Gasteiger partial charge in [-0.25, -0.2) is 4.79 Å². The van der Waals surface area contributed by atoms with Gasteiger partial charge in [-0.2, -0.15) is 0 Å². The first kappa shape index (κ1) is 12.7. The molecule has 1 saturated heterocycles. The second-order valence-corrected chi connectivity index (χ2v) is 4.61. The number of carbonyl (C=O) groups is 2. The Morgan fingerprint density at radius 2 is 2.11 bits per heavy atom. The van der Waals surface area contributed by atoms with Gasteiger partial charge in [-0.1, -0.05) is 29.8 Å². The molecule has 1 fully saturated rings. The number of benzene rings is 1. The fourth-order valence-corrected chi connectivity index (χ4v) is 2.34. The molecule has 5 nitrogen and oxygen atoms in total. The van der Waals surface area contributed by atoms with Crippen LogP contribution in [0.15, 0.2) is 24.3 Å². The van der Waals surface area contributed by atoms with Crippen molar-refractivity contribution < 1.29 is 14.3 Å². The number of halogens is 1. The third-order valence-electron chi connectivity index (χ3n) is 3.03. The summed E-state index contributed by atoms with van der Waals surface area (Å²) >= 11 is 6.08. The summed E-state index contributed by atoms with van der Waals surface area (Å²) in [5.74, 6) is -0.648. The lowest BCUT2D eigenvalue weighted by Gasteiger charge is -2.21. The second kappa shape index (κ2) is 4.86. The summed E-state index contributed by atoms with van der Waals surface area (Å²) in [4.78, 5) is 22.6. The smallest absolute Gasteiger partial charge is 0.404 e. The van der Waals surface area contributed by atoms with Gasteiger partial charge in [-0.3, -0.25) is 4.79 Å². The lowest BCUT2D eigenvalue weighted by Crippen LogP contribution is -2.31. The highest BCUT2D eigenvalue weighted by Crippen LogP contribution is 2.34. The first-order chi connectivity index (χ1) is 8.50. The highest BCUT2D eigenvalue weighted by atomic mass is 35.5. The van der Waals surface area contributed by atoms with E-state index in [4.69, 9.17) is 22.1 Å². The molecule has 0 aliphatic carbocycles. The van der Waals surface area contributed by atoms with E-state index in [9.17, 15) is 9.59 Å². The maximum Gasteiger partial charge on any atom is 0.404 e. The van der Waals surface area contributed by atoms with Gasteiger partial charge >= 0.3 is 6.09 Å². The van der Waals surface area contributed by atoms with E-state index in [0.717, 1.165) is 0 Å². The van der Waals surface area contributed by atoms with Crippen LogP contribution in [0.3, 0.4) is 0 Å². The molecular formula is C12H13ClN2O3. The third-order valence-corrected chi connectivity index (χ3v) is 3.37. The largest absolute Gasteiger partial charge is 0.443 e. The van der Waals surface area contributed by atoms with Crippen LogP contribution in [0.2, 0.25) is 5.02 Å². The molecule has 18 heavy (non-hydrogen) atoms. The van der Waals surface area contributed by atoms with Crippen molar-refractivity contribution in [3.63, 3.8) is 0 Å². The van der Waals surface area contributed by atoms with Gasteiger partial charge in [0.25, 0.3) is 0 Å². The zero-order chi connectivity index (χ0) is 13.3. The topological polar surface area (TPSA) is 81.4 Å². The maximum absolute atomic E-state index is 11.7. The Balaban J connectivity index is 2.33. The summed E-state index contributed by atoms with van der Waals surface area (Å²) in [5, 5.41) is 3.27. The van der Waals surface area contributed by atoms with Crippen molar-refractivity contribution >= 4 is 23.6 Å². The van der Waals surface area contributed by atoms with E-state index in [1.54, 1.807) is 31.2 Å². The van der Waals surface area contributed by atoms with Crippen LogP contribution >= 0.6 is 11.6 Å². The van der Waals surface area contributed by atoms with Gasteiger partial charge in [-0.05, 0) is 18.6 Å². The van der Waals surface area contributed by atoms with Crippen LogP contribution in [0.25, 0.3) is 0 Å². The number of amides is 2. The molecule has 6 heteroatoms. The Bertz CT molecular complexity index is 492. The van der Waals surface area contributed by atoms with Gasteiger partial charge in [0.2, 0.25) is 5.91 Å². The van der Waals surface area contributed by atoms with Gasteiger partial charge in [0.05, 0.1) is 12.0 Å². The van der Waals surface area contributed by atoms with Crippen LogP contribution in [0.5, 0.6) is 0 Å². The number of ether oxygens (including phenoxy) is 1. The van der Waals surface area contributed by atoms with Gasteiger partial charge in [-0.15, -0.1) is 0 Å². The normalized spacial score (nSPS) is 26.8. The second-order valence-electron chi connectivity index (χ2n) is 4.20. The summed E-state index contributed by atoms with van der Waals surface area (Å²) in [7, 11) is 0. The minimum absolute atomic E-state index is 0.189. The zero-order valence-corrected chi connectivity index (χ0v) is 10.5. The van der Waals surface area contributed by atoms with Crippen molar-refractivity contribution in [3.05, 3.63) is 34.9 Å². The predicted molar refractivity (Wildman–Crippen MR) is 66.0 cm³/mol. The minimum Gasteiger partial charge on any atom is -0.443 e. The quantitative estimate of drug-likeness (QED) is 0.855. The van der Waals surface area contributed by atoms with E-state index in [1.807, 2.05) is 0 Å². The molecule has 0 aromatic heterocycles. The molecule has 1 aliphatic heterocycles. The summed E-state index contributed by atoms with van der Waals surface area (Å²) in [5.41, 5.74) is 5.74. The van der Waals surface area contributed by atoms with E-state index >= 15 is 0 Å². The van der Waals surface area contributed by atoms with Crippen LogP contribution in [-0.4, -0.2) is 18.1 Å². The fourth-order valence-electron chi connectivity index (χ4n) is 2.09. The molecule has 2 amide bonds. The molecule has 0 spiro atoms. The zero-order valence-electron chi connectivity index (χ0n) is 9.72. The molecule has 3 N–H and O–H groups in total. The Hall–Kier alpha value is -1.75. The number of hydrogen-bond donors (Lipinski definition) is 2.